The molecular weight excluding hydrogens is 268 g/mol. The molecule has 112 valence electrons. The van der Waals surface area contributed by atoms with Crippen LogP contribution >= 0.6 is 0 Å². The number of nitrogens with two attached hydrogens (primary N) is 1. The summed E-state index contributed by atoms with van der Waals surface area (Å²) in [4.78, 5) is 11.6. The maximum atomic E-state index is 11.6. The molecule has 21 heavy (non-hydrogen) atoms. The van der Waals surface area contributed by atoms with E-state index in [9.17, 15) is 4.79 Å². The highest BCUT2D eigenvalue weighted by Gasteiger charge is 2.04. The van der Waals surface area contributed by atoms with Gasteiger partial charge in [-0.2, -0.15) is 0 Å². The van der Waals surface area contributed by atoms with Gasteiger partial charge in [0.1, 0.15) is 6.61 Å². The van der Waals surface area contributed by atoms with Crippen LogP contribution in [0.5, 0.6) is 11.5 Å². The van der Waals surface area contributed by atoms with Crippen LogP contribution in [0.3, 0.4) is 0 Å². The Morgan fingerprint density at radius 3 is 2.38 bits per heavy atom. The van der Waals surface area contributed by atoms with E-state index in [2.05, 4.69) is 6.92 Å². The van der Waals surface area contributed by atoms with Gasteiger partial charge in [-0.3, -0.25) is 4.79 Å². The molecule has 1 aromatic heterocycles. The van der Waals surface area contributed by atoms with Crippen molar-refractivity contribution in [2.75, 3.05) is 18.9 Å². The van der Waals surface area contributed by atoms with Gasteiger partial charge in [0.05, 0.1) is 13.2 Å². The van der Waals surface area contributed by atoms with Gasteiger partial charge in [-0.05, 0) is 24.6 Å². The maximum absolute atomic E-state index is 11.6. The van der Waals surface area contributed by atoms with Crippen molar-refractivity contribution in [1.29, 1.82) is 0 Å². The van der Waals surface area contributed by atoms with E-state index in [1.807, 2.05) is 24.3 Å². The summed E-state index contributed by atoms with van der Waals surface area (Å²) < 4.78 is 12.9. The number of aromatic nitrogens is 1. The first-order valence-corrected chi connectivity index (χ1v) is 7.01. The Kier molecular flexibility index (Phi) is 5.26. The SMILES string of the molecule is CCCOc1ccccc1OCCn1cc(N)ccc1=O. The zero-order valence-electron chi connectivity index (χ0n) is 12.1. The molecule has 0 fully saturated rings. The summed E-state index contributed by atoms with van der Waals surface area (Å²) in [5.74, 6) is 1.40. The molecule has 0 aliphatic carbocycles. The summed E-state index contributed by atoms with van der Waals surface area (Å²) in [5, 5.41) is 0. The van der Waals surface area contributed by atoms with E-state index in [1.54, 1.807) is 12.3 Å². The highest BCUT2D eigenvalue weighted by molar-refractivity contribution is 5.39. The number of rotatable bonds is 7. The molecule has 1 aromatic carbocycles. The quantitative estimate of drug-likeness (QED) is 0.849. The van der Waals surface area contributed by atoms with Crippen molar-refractivity contribution in [2.45, 2.75) is 19.9 Å². The predicted molar refractivity (Wildman–Crippen MR) is 82.8 cm³/mol. The molecular formula is C16H20N2O3. The molecule has 0 radical (unpaired) electrons. The van der Waals surface area contributed by atoms with E-state index < -0.39 is 0 Å². The zero-order valence-corrected chi connectivity index (χ0v) is 12.1. The summed E-state index contributed by atoms with van der Waals surface area (Å²) in [6.07, 6.45) is 2.55. The minimum atomic E-state index is -0.0941. The first kappa shape index (κ1) is 15.0. The van der Waals surface area contributed by atoms with Crippen molar-refractivity contribution >= 4 is 5.69 Å². The fraction of sp³-hybridized carbons (Fsp3) is 0.312. The molecule has 0 saturated carbocycles. The smallest absolute Gasteiger partial charge is 0.250 e. The standard InChI is InChI=1S/C16H20N2O3/c1-2-10-20-14-5-3-4-6-15(14)21-11-9-18-12-13(17)7-8-16(18)19/h3-8,12H,2,9-11,17H2,1H3. The number of pyridine rings is 1. The van der Waals surface area contributed by atoms with Gasteiger partial charge < -0.3 is 19.8 Å². The molecule has 2 N–H and O–H groups in total. The first-order chi connectivity index (χ1) is 10.2. The molecule has 0 amide bonds. The Morgan fingerprint density at radius 2 is 1.71 bits per heavy atom. The topological polar surface area (TPSA) is 66.5 Å². The van der Waals surface area contributed by atoms with Crippen LogP contribution in [0, 0.1) is 0 Å². The third-order valence-corrected chi connectivity index (χ3v) is 2.91. The summed E-state index contributed by atoms with van der Waals surface area (Å²) in [7, 11) is 0. The zero-order chi connectivity index (χ0) is 15.1. The average molecular weight is 288 g/mol. The van der Waals surface area contributed by atoms with Gasteiger partial charge in [-0.15, -0.1) is 0 Å². The second-order valence-electron chi connectivity index (χ2n) is 4.64. The molecule has 0 spiro atoms. The van der Waals surface area contributed by atoms with E-state index in [1.165, 1.54) is 10.6 Å². The van der Waals surface area contributed by atoms with Crippen LogP contribution in [0.4, 0.5) is 5.69 Å². The van der Waals surface area contributed by atoms with Crippen LogP contribution in [0.15, 0.2) is 47.4 Å². The number of nitrogen functional groups attached to an aromatic ring is 1. The van der Waals surface area contributed by atoms with Gasteiger partial charge >= 0.3 is 0 Å². The van der Waals surface area contributed by atoms with E-state index >= 15 is 0 Å². The molecule has 5 nitrogen and oxygen atoms in total. The minimum Gasteiger partial charge on any atom is -0.490 e. The monoisotopic (exact) mass is 288 g/mol. The molecule has 0 aliphatic heterocycles. The molecule has 2 aromatic rings. The predicted octanol–water partition coefficient (Wildman–Crippen LogP) is 2.30. The maximum Gasteiger partial charge on any atom is 0.250 e. The number of hydrogen-bond acceptors (Lipinski definition) is 4. The molecule has 0 bridgehead atoms. The largest absolute Gasteiger partial charge is 0.490 e. The highest BCUT2D eigenvalue weighted by atomic mass is 16.5. The number of hydrogen-bond donors (Lipinski definition) is 1. The summed E-state index contributed by atoms with van der Waals surface area (Å²) >= 11 is 0. The van der Waals surface area contributed by atoms with Crippen molar-refractivity contribution in [3.8, 4) is 11.5 Å². The van der Waals surface area contributed by atoms with Crippen molar-refractivity contribution in [3.63, 3.8) is 0 Å². The lowest BCUT2D eigenvalue weighted by Gasteiger charge is -2.13. The Hall–Kier alpha value is -2.43. The van der Waals surface area contributed by atoms with Crippen molar-refractivity contribution in [3.05, 3.63) is 52.9 Å². The molecule has 0 atom stereocenters. The van der Waals surface area contributed by atoms with Gasteiger partial charge in [0.25, 0.3) is 5.56 Å². The summed E-state index contributed by atoms with van der Waals surface area (Å²) in [5.41, 5.74) is 6.13. The van der Waals surface area contributed by atoms with Crippen molar-refractivity contribution in [1.82, 2.24) is 4.57 Å². The Balaban J connectivity index is 1.97. The van der Waals surface area contributed by atoms with Crippen LogP contribution in [-0.4, -0.2) is 17.8 Å². The van der Waals surface area contributed by atoms with Gasteiger partial charge in [0.15, 0.2) is 11.5 Å². The Bertz CT molecular complexity index is 637. The molecule has 0 aliphatic rings. The normalized spacial score (nSPS) is 10.3. The van der Waals surface area contributed by atoms with Gasteiger partial charge in [-0.25, -0.2) is 0 Å². The van der Waals surface area contributed by atoms with Crippen LogP contribution < -0.4 is 20.8 Å². The van der Waals surface area contributed by atoms with Crippen molar-refractivity contribution in [2.24, 2.45) is 0 Å². The number of nitrogens with zero attached hydrogens (tertiary/aromatic N) is 1. The lowest BCUT2D eigenvalue weighted by atomic mass is 10.3. The third-order valence-electron chi connectivity index (χ3n) is 2.91. The second kappa shape index (κ2) is 7.38. The molecule has 1 heterocycles. The van der Waals surface area contributed by atoms with Gasteiger partial charge in [0, 0.05) is 18.0 Å². The second-order valence-corrected chi connectivity index (χ2v) is 4.64. The number of para-hydroxylation sites is 2. The molecule has 0 saturated heterocycles. The third kappa shape index (κ3) is 4.27. The van der Waals surface area contributed by atoms with E-state index in [-0.39, 0.29) is 5.56 Å². The number of benzene rings is 1. The number of anilines is 1. The van der Waals surface area contributed by atoms with E-state index in [0.29, 0.717) is 31.2 Å². The van der Waals surface area contributed by atoms with Crippen LogP contribution in [0.2, 0.25) is 0 Å². The first-order valence-electron chi connectivity index (χ1n) is 7.01. The fourth-order valence-electron chi connectivity index (χ4n) is 1.88. The Morgan fingerprint density at radius 1 is 1.05 bits per heavy atom. The molecule has 5 heteroatoms. The van der Waals surface area contributed by atoms with Crippen LogP contribution in [0.1, 0.15) is 13.3 Å². The summed E-state index contributed by atoms with van der Waals surface area (Å²) in [6.45, 7) is 3.51. The fourth-order valence-corrected chi connectivity index (χ4v) is 1.88. The van der Waals surface area contributed by atoms with Gasteiger partial charge in [0.2, 0.25) is 0 Å². The van der Waals surface area contributed by atoms with E-state index in [0.717, 1.165) is 12.2 Å². The lowest BCUT2D eigenvalue weighted by Crippen LogP contribution is -2.22. The Labute approximate surface area is 123 Å². The van der Waals surface area contributed by atoms with Crippen LogP contribution in [-0.2, 0) is 6.54 Å². The molecule has 2 rings (SSSR count). The number of ether oxygens (including phenoxy) is 2. The minimum absolute atomic E-state index is 0.0941. The van der Waals surface area contributed by atoms with Crippen LogP contribution in [0.25, 0.3) is 0 Å². The van der Waals surface area contributed by atoms with Gasteiger partial charge in [-0.1, -0.05) is 19.1 Å². The average Bonchev–Trinajstić information content (AvgIpc) is 2.50. The van der Waals surface area contributed by atoms with Crippen molar-refractivity contribution < 1.29 is 9.47 Å². The summed E-state index contributed by atoms with van der Waals surface area (Å²) in [6, 6.07) is 10.6. The highest BCUT2D eigenvalue weighted by Crippen LogP contribution is 2.26. The van der Waals surface area contributed by atoms with E-state index in [4.69, 9.17) is 15.2 Å². The molecule has 0 unspecified atom stereocenters. The lowest BCUT2D eigenvalue weighted by molar-refractivity contribution is 0.259.